The van der Waals surface area contributed by atoms with E-state index in [1.165, 1.54) is 0 Å². The van der Waals surface area contributed by atoms with Gasteiger partial charge in [-0.05, 0) is 18.8 Å². The van der Waals surface area contributed by atoms with E-state index in [9.17, 15) is 23.3 Å². The van der Waals surface area contributed by atoms with Crippen molar-refractivity contribution in [3.63, 3.8) is 0 Å². The fraction of sp³-hybridized carbons (Fsp3) is 0.600. The quantitative estimate of drug-likeness (QED) is 0.268. The van der Waals surface area contributed by atoms with E-state index in [4.69, 9.17) is 5.84 Å². The minimum Gasteiger partial charge on any atom is -0.310 e. The average Bonchev–Trinajstić information content (AvgIpc) is 3.16. The first kappa shape index (κ1) is 15.2. The van der Waals surface area contributed by atoms with Crippen molar-refractivity contribution in [3.05, 3.63) is 22.3 Å². The molecule has 1 atom stereocenters. The van der Waals surface area contributed by atoms with Crippen LogP contribution < -0.4 is 11.3 Å². The van der Waals surface area contributed by atoms with Gasteiger partial charge in [-0.25, -0.2) is 14.6 Å². The Labute approximate surface area is 116 Å². The molecule has 1 heterocycles. The Balaban J connectivity index is 2.32. The van der Waals surface area contributed by atoms with Crippen molar-refractivity contribution in [2.24, 2.45) is 16.8 Å². The van der Waals surface area contributed by atoms with Crippen molar-refractivity contribution in [1.29, 1.82) is 0 Å². The van der Waals surface area contributed by atoms with Gasteiger partial charge in [0.15, 0.2) is 0 Å². The zero-order chi connectivity index (χ0) is 15.6. The van der Waals surface area contributed by atoms with E-state index in [1.54, 1.807) is 0 Å². The number of aromatic nitrogens is 2. The average molecular weight is 306 g/mol. The fourth-order valence-electron chi connectivity index (χ4n) is 1.99. The van der Waals surface area contributed by atoms with Gasteiger partial charge in [0.25, 0.3) is 6.43 Å². The molecule has 0 spiro atoms. The second-order valence-electron chi connectivity index (χ2n) is 4.59. The van der Waals surface area contributed by atoms with Crippen molar-refractivity contribution in [2.45, 2.75) is 25.3 Å². The fourth-order valence-corrected chi connectivity index (χ4v) is 1.99. The summed E-state index contributed by atoms with van der Waals surface area (Å²) in [4.78, 5) is 13.4. The van der Waals surface area contributed by atoms with Crippen molar-refractivity contribution in [3.8, 4) is 0 Å². The van der Waals surface area contributed by atoms with Crippen LogP contribution in [0.1, 0.15) is 18.9 Å². The Morgan fingerprint density at radius 2 is 2.33 bits per heavy atom. The molecule has 0 bridgehead atoms. The maximum Gasteiger partial charge on any atom is 0.343 e. The maximum atomic E-state index is 13.4. The molecule has 0 aromatic carbocycles. The summed E-state index contributed by atoms with van der Waals surface area (Å²) in [5.41, 5.74) is 1.41. The van der Waals surface area contributed by atoms with Crippen LogP contribution in [-0.2, 0) is 0 Å². The molecule has 11 heteroatoms. The third-order valence-electron chi connectivity index (χ3n) is 3.05. The van der Waals surface area contributed by atoms with E-state index in [0.717, 1.165) is 23.7 Å². The number of rotatable bonds is 6. The molecular formula is C10H13F3N6O2. The number of hydrogen-bond acceptors (Lipinski definition) is 5. The number of hydrazine groups is 1. The monoisotopic (exact) mass is 306 g/mol. The summed E-state index contributed by atoms with van der Waals surface area (Å²) < 4.78 is 38.9. The molecule has 0 aliphatic heterocycles. The Morgan fingerprint density at radius 1 is 1.67 bits per heavy atom. The molecule has 8 nitrogen and oxygen atoms in total. The first-order chi connectivity index (χ1) is 9.93. The number of nitrogens with zero attached hydrogens (tertiary/aromatic N) is 4. The van der Waals surface area contributed by atoms with Gasteiger partial charge in [0.05, 0.1) is 4.92 Å². The molecule has 0 radical (unpaired) electrons. The molecule has 1 fully saturated rings. The van der Waals surface area contributed by atoms with Gasteiger partial charge < -0.3 is 5.43 Å². The van der Waals surface area contributed by atoms with Crippen LogP contribution in [0, 0.1) is 22.0 Å². The van der Waals surface area contributed by atoms with Crippen LogP contribution in [0.25, 0.3) is 0 Å². The number of nitro groups is 1. The minimum absolute atomic E-state index is 0.00445. The van der Waals surface area contributed by atoms with E-state index in [1.807, 2.05) is 0 Å². The predicted octanol–water partition coefficient (Wildman–Crippen LogP) is 1.01. The smallest absolute Gasteiger partial charge is 0.310 e. The van der Waals surface area contributed by atoms with Gasteiger partial charge in [-0.3, -0.25) is 19.8 Å². The Kier molecular flexibility index (Phi) is 4.40. The second kappa shape index (κ2) is 6.08. The van der Waals surface area contributed by atoms with Gasteiger partial charge in [-0.1, -0.05) is 0 Å². The summed E-state index contributed by atoms with van der Waals surface area (Å²) in [6, 6.07) is -0.725. The van der Waals surface area contributed by atoms with E-state index in [-0.39, 0.29) is 11.8 Å². The van der Waals surface area contributed by atoms with Crippen LogP contribution in [0.15, 0.2) is 11.2 Å². The number of aliphatic imine (C=N–C) groups is 1. The molecule has 1 unspecified atom stereocenters. The van der Waals surface area contributed by atoms with E-state index in [0.29, 0.717) is 0 Å². The van der Waals surface area contributed by atoms with Gasteiger partial charge in [0.1, 0.15) is 24.6 Å². The lowest BCUT2D eigenvalue weighted by Crippen LogP contribution is -2.39. The third-order valence-corrected chi connectivity index (χ3v) is 3.05. The van der Waals surface area contributed by atoms with E-state index in [2.05, 4.69) is 15.5 Å². The standard InChI is InChI=1S/C10H13F3N6O2/c11-7(12)3-15-10(16-14)8(5-1-2-5)18-4-6(19(20)21)9(13)17-18/h4-5,7-8H,1-3,14H2,(H,15,16). The Morgan fingerprint density at radius 3 is 2.76 bits per heavy atom. The molecule has 0 amide bonds. The van der Waals surface area contributed by atoms with Gasteiger partial charge in [-0.2, -0.15) is 4.39 Å². The highest BCUT2D eigenvalue weighted by Crippen LogP contribution is 2.40. The maximum absolute atomic E-state index is 13.4. The second-order valence-corrected chi connectivity index (χ2v) is 4.59. The molecule has 2 rings (SSSR count). The highest BCUT2D eigenvalue weighted by Gasteiger charge is 2.38. The van der Waals surface area contributed by atoms with Crippen LogP contribution in [0.2, 0.25) is 0 Å². The summed E-state index contributed by atoms with van der Waals surface area (Å²) in [6.07, 6.45) is -0.255. The van der Waals surface area contributed by atoms with Crippen molar-refractivity contribution in [2.75, 3.05) is 6.54 Å². The topological polar surface area (TPSA) is 111 Å². The summed E-state index contributed by atoms with van der Waals surface area (Å²) in [7, 11) is 0. The van der Waals surface area contributed by atoms with Gasteiger partial charge in [0.2, 0.25) is 0 Å². The first-order valence-corrected chi connectivity index (χ1v) is 6.12. The van der Waals surface area contributed by atoms with Crippen LogP contribution in [0.3, 0.4) is 0 Å². The lowest BCUT2D eigenvalue weighted by molar-refractivity contribution is -0.387. The summed E-state index contributed by atoms with van der Waals surface area (Å²) in [6.45, 7) is -0.769. The zero-order valence-corrected chi connectivity index (χ0v) is 10.7. The highest BCUT2D eigenvalue weighted by molar-refractivity contribution is 5.86. The number of alkyl halides is 2. The molecule has 1 saturated carbocycles. The molecule has 1 aliphatic rings. The number of nitrogens with two attached hydrogens (primary N) is 1. The van der Waals surface area contributed by atoms with E-state index >= 15 is 0 Å². The lowest BCUT2D eigenvalue weighted by atomic mass is 10.1. The van der Waals surface area contributed by atoms with Crippen LogP contribution in [0.4, 0.5) is 18.9 Å². The van der Waals surface area contributed by atoms with Gasteiger partial charge in [0, 0.05) is 0 Å². The SMILES string of the molecule is NNC(=NCC(F)F)C(C1CC1)n1cc([N+](=O)[O-])c(F)n1. The first-order valence-electron chi connectivity index (χ1n) is 6.12. The van der Waals surface area contributed by atoms with E-state index < -0.39 is 35.6 Å². The van der Waals surface area contributed by atoms with Crippen LogP contribution >= 0.6 is 0 Å². The zero-order valence-electron chi connectivity index (χ0n) is 10.7. The number of hydrogen-bond donors (Lipinski definition) is 2. The van der Waals surface area contributed by atoms with Crippen molar-refractivity contribution in [1.82, 2.24) is 15.2 Å². The molecule has 1 aromatic heterocycles. The highest BCUT2D eigenvalue weighted by atomic mass is 19.3. The number of halogens is 3. The van der Waals surface area contributed by atoms with Crippen LogP contribution in [0.5, 0.6) is 0 Å². The normalized spacial score (nSPS) is 17.1. The molecule has 1 aromatic rings. The third kappa shape index (κ3) is 3.48. The van der Waals surface area contributed by atoms with Crippen molar-refractivity contribution >= 4 is 11.5 Å². The summed E-state index contributed by atoms with van der Waals surface area (Å²) >= 11 is 0. The lowest BCUT2D eigenvalue weighted by Gasteiger charge is -2.18. The Hall–Kier alpha value is -2.17. The van der Waals surface area contributed by atoms with Crippen LogP contribution in [-0.4, -0.2) is 33.5 Å². The molecule has 116 valence electrons. The van der Waals surface area contributed by atoms with Crippen molar-refractivity contribution < 1.29 is 18.1 Å². The minimum atomic E-state index is -2.66. The number of nitrogens with one attached hydrogen (secondary N) is 1. The summed E-state index contributed by atoms with van der Waals surface area (Å²) in [5.74, 6) is 4.00. The van der Waals surface area contributed by atoms with Gasteiger partial charge in [-0.15, -0.1) is 5.10 Å². The largest absolute Gasteiger partial charge is 0.343 e. The summed E-state index contributed by atoms with van der Waals surface area (Å²) in [5, 5.41) is 14.1. The number of amidine groups is 1. The molecule has 3 N–H and O–H groups in total. The molecule has 21 heavy (non-hydrogen) atoms. The Bertz CT molecular complexity index is 557. The molecule has 0 saturated heterocycles. The van der Waals surface area contributed by atoms with Gasteiger partial charge >= 0.3 is 11.6 Å². The molecular weight excluding hydrogens is 293 g/mol. The molecule has 1 aliphatic carbocycles. The predicted molar refractivity (Wildman–Crippen MR) is 66.2 cm³/mol.